The van der Waals surface area contributed by atoms with Crippen LogP contribution >= 0.6 is 11.3 Å². The van der Waals surface area contributed by atoms with Crippen LogP contribution in [0.15, 0.2) is 237 Å². The number of anilines is 2. The molecule has 1 aliphatic rings. The largest absolute Gasteiger partial charge is 0.334 e. The summed E-state index contributed by atoms with van der Waals surface area (Å²) < 4.78 is 5.08. The smallest absolute Gasteiger partial charge is 0.0560 e. The van der Waals surface area contributed by atoms with Crippen LogP contribution in [-0.4, -0.2) is 10.6 Å². The normalized spacial score (nSPS) is 14.0. The standard InChI is InChI=1S/C62H42N2S/c1-2-12-41(13-3-1)42-22-34-50(35-23-42)64-58-20-10-8-18-54(58)56-38-45(28-36-59(56)64)43-24-30-48(31-25-43)63(60-40-47-14-4-5-15-51(47)52-16-6-7-17-53(52)60)49-32-26-44(27-33-49)46-29-37-62-57(39-46)55-19-9-11-21-61(55)65-62/h1-32,34-40,49H,33H2. The Morgan fingerprint density at radius 2 is 1.02 bits per heavy atom. The van der Waals surface area contributed by atoms with Gasteiger partial charge >= 0.3 is 0 Å². The van der Waals surface area contributed by atoms with Crippen LogP contribution in [0, 0.1) is 0 Å². The molecule has 0 bridgehead atoms. The Morgan fingerprint density at radius 1 is 0.415 bits per heavy atom. The molecule has 65 heavy (non-hydrogen) atoms. The summed E-state index contributed by atoms with van der Waals surface area (Å²) in [6, 6.07) is 80.5. The van der Waals surface area contributed by atoms with Crippen molar-refractivity contribution in [1.82, 2.24) is 4.57 Å². The van der Waals surface area contributed by atoms with Crippen LogP contribution in [0.2, 0.25) is 0 Å². The zero-order valence-electron chi connectivity index (χ0n) is 35.6. The van der Waals surface area contributed by atoms with E-state index in [-0.39, 0.29) is 6.04 Å². The first kappa shape index (κ1) is 37.6. The molecule has 2 aromatic heterocycles. The molecule has 2 nitrogen and oxygen atoms in total. The molecule has 1 unspecified atom stereocenters. The van der Waals surface area contributed by atoms with Gasteiger partial charge in [-0.1, -0.05) is 170 Å². The minimum absolute atomic E-state index is 0.115. The maximum Gasteiger partial charge on any atom is 0.0560 e. The van der Waals surface area contributed by atoms with Gasteiger partial charge in [-0.15, -0.1) is 11.3 Å². The van der Waals surface area contributed by atoms with Crippen LogP contribution in [0.3, 0.4) is 0 Å². The third-order valence-electron chi connectivity index (χ3n) is 13.5. The van der Waals surface area contributed by atoms with E-state index < -0.39 is 0 Å². The van der Waals surface area contributed by atoms with Crippen LogP contribution in [0.1, 0.15) is 12.0 Å². The van der Waals surface area contributed by atoms with Crippen molar-refractivity contribution < 1.29 is 0 Å². The molecule has 0 saturated heterocycles. The number of benzene rings is 10. The van der Waals surface area contributed by atoms with Gasteiger partial charge in [-0.3, -0.25) is 0 Å². The van der Waals surface area contributed by atoms with Crippen molar-refractivity contribution in [1.29, 1.82) is 0 Å². The number of thiophene rings is 1. The number of para-hydroxylation sites is 1. The lowest BCUT2D eigenvalue weighted by atomic mass is 9.93. The molecule has 1 atom stereocenters. The van der Waals surface area contributed by atoms with Crippen molar-refractivity contribution in [3.63, 3.8) is 0 Å². The molecule has 10 aromatic carbocycles. The van der Waals surface area contributed by atoms with Crippen molar-refractivity contribution in [3.8, 4) is 27.9 Å². The Labute approximate surface area is 381 Å². The second kappa shape index (κ2) is 15.4. The average molecular weight is 847 g/mol. The highest BCUT2D eigenvalue weighted by atomic mass is 32.1. The molecule has 3 heteroatoms. The van der Waals surface area contributed by atoms with Crippen molar-refractivity contribution in [3.05, 3.63) is 242 Å². The molecule has 0 amide bonds. The predicted molar refractivity (Wildman–Crippen MR) is 280 cm³/mol. The number of rotatable bonds is 7. The van der Waals surface area contributed by atoms with Crippen LogP contribution in [0.5, 0.6) is 0 Å². The third kappa shape index (κ3) is 6.38. The van der Waals surface area contributed by atoms with Crippen LogP contribution in [0.25, 0.3) is 97.0 Å². The van der Waals surface area contributed by atoms with E-state index >= 15 is 0 Å². The molecule has 0 spiro atoms. The quantitative estimate of drug-likeness (QED) is 0.145. The molecule has 0 fully saturated rings. The monoisotopic (exact) mass is 846 g/mol. The molecule has 0 saturated carbocycles. The molecule has 0 radical (unpaired) electrons. The molecular weight excluding hydrogens is 805 g/mol. The van der Waals surface area contributed by atoms with Crippen molar-refractivity contribution in [2.75, 3.05) is 4.90 Å². The van der Waals surface area contributed by atoms with Crippen LogP contribution < -0.4 is 4.90 Å². The minimum atomic E-state index is 0.115. The van der Waals surface area contributed by atoms with Gasteiger partial charge < -0.3 is 9.47 Å². The highest BCUT2D eigenvalue weighted by molar-refractivity contribution is 7.25. The minimum Gasteiger partial charge on any atom is -0.334 e. The summed E-state index contributed by atoms with van der Waals surface area (Å²) >= 11 is 1.87. The molecule has 12 aromatic rings. The number of fused-ring (bicyclic) bond motifs is 9. The highest BCUT2D eigenvalue weighted by Gasteiger charge is 2.24. The van der Waals surface area contributed by atoms with Crippen molar-refractivity contribution in [2.24, 2.45) is 0 Å². The Kier molecular flexibility index (Phi) is 8.89. The Balaban J connectivity index is 0.881. The van der Waals surface area contributed by atoms with E-state index in [0.29, 0.717) is 0 Å². The first-order valence-corrected chi connectivity index (χ1v) is 23.3. The molecule has 306 valence electrons. The summed E-state index contributed by atoms with van der Waals surface area (Å²) in [7, 11) is 0. The number of allylic oxidation sites excluding steroid dienone is 2. The lowest BCUT2D eigenvalue weighted by Crippen LogP contribution is -2.30. The maximum absolute atomic E-state index is 2.57. The topological polar surface area (TPSA) is 8.17 Å². The molecule has 1 aliphatic carbocycles. The number of nitrogens with zero attached hydrogens (tertiary/aromatic N) is 2. The van der Waals surface area contributed by atoms with Crippen LogP contribution in [0.4, 0.5) is 11.4 Å². The second-order valence-corrected chi connectivity index (χ2v) is 18.3. The first-order chi connectivity index (χ1) is 32.2. The zero-order chi connectivity index (χ0) is 42.8. The molecule has 0 N–H and O–H groups in total. The Morgan fingerprint density at radius 3 is 1.83 bits per heavy atom. The summed E-state index contributed by atoms with van der Waals surface area (Å²) in [5.41, 5.74) is 13.3. The molecule has 0 aliphatic heterocycles. The fourth-order valence-corrected chi connectivity index (χ4v) is 11.4. The summed E-state index contributed by atoms with van der Waals surface area (Å²) in [5.74, 6) is 0. The van der Waals surface area contributed by atoms with E-state index in [1.54, 1.807) is 0 Å². The molecule has 2 heterocycles. The lowest BCUT2D eigenvalue weighted by molar-refractivity contribution is 0.790. The van der Waals surface area contributed by atoms with Crippen molar-refractivity contribution in [2.45, 2.75) is 12.5 Å². The van der Waals surface area contributed by atoms with Gasteiger partial charge in [0.15, 0.2) is 0 Å². The van der Waals surface area contributed by atoms with E-state index in [0.717, 1.165) is 12.1 Å². The van der Waals surface area contributed by atoms with E-state index in [2.05, 4.69) is 246 Å². The van der Waals surface area contributed by atoms with E-state index in [9.17, 15) is 0 Å². The summed E-state index contributed by atoms with van der Waals surface area (Å²) in [4.78, 5) is 2.57. The fourth-order valence-electron chi connectivity index (χ4n) is 10.3. The SMILES string of the molecule is C1=CC(N(c2ccc(-c3ccc4c(c3)c3ccccc3n4-c3ccc(-c4ccccc4)cc3)cc2)c2cc3ccccc3c3ccccc23)CC=C1c1ccc2sc3ccccc3c2c1. The Bertz CT molecular complexity index is 3850. The Hall–Kier alpha value is -7.98. The van der Waals surface area contributed by atoms with E-state index in [4.69, 9.17) is 0 Å². The molecular formula is C62H42N2S. The second-order valence-electron chi connectivity index (χ2n) is 17.2. The lowest BCUT2D eigenvalue weighted by Gasteiger charge is -2.34. The summed E-state index contributed by atoms with van der Waals surface area (Å²) in [5, 5.41) is 10.2. The fraction of sp³-hybridized carbons (Fsp3) is 0.0323. The number of hydrogen-bond acceptors (Lipinski definition) is 2. The zero-order valence-corrected chi connectivity index (χ0v) is 36.4. The summed E-state index contributed by atoms with van der Waals surface area (Å²) in [6.45, 7) is 0. The number of aromatic nitrogens is 1. The van der Waals surface area contributed by atoms with E-state index in [1.807, 2.05) is 11.3 Å². The number of hydrogen-bond donors (Lipinski definition) is 0. The average Bonchev–Trinajstić information content (AvgIpc) is 3.92. The molecule has 13 rings (SSSR count). The van der Waals surface area contributed by atoms with Crippen LogP contribution in [-0.2, 0) is 0 Å². The maximum atomic E-state index is 2.57. The van der Waals surface area contributed by atoms with Gasteiger partial charge in [-0.2, -0.15) is 0 Å². The van der Waals surface area contributed by atoms with Gasteiger partial charge in [0.2, 0.25) is 0 Å². The van der Waals surface area contributed by atoms with Gasteiger partial charge in [-0.25, -0.2) is 0 Å². The third-order valence-corrected chi connectivity index (χ3v) is 14.7. The van der Waals surface area contributed by atoms with Gasteiger partial charge in [0.1, 0.15) is 0 Å². The van der Waals surface area contributed by atoms with Gasteiger partial charge in [0.25, 0.3) is 0 Å². The summed E-state index contributed by atoms with van der Waals surface area (Å²) in [6.07, 6.45) is 8.08. The first-order valence-electron chi connectivity index (χ1n) is 22.5. The van der Waals surface area contributed by atoms with Gasteiger partial charge in [-0.05, 0) is 123 Å². The van der Waals surface area contributed by atoms with E-state index in [1.165, 1.54) is 108 Å². The predicted octanol–water partition coefficient (Wildman–Crippen LogP) is 17.3. The van der Waals surface area contributed by atoms with Crippen molar-refractivity contribution >= 4 is 91.8 Å². The van der Waals surface area contributed by atoms with Gasteiger partial charge in [0, 0.05) is 47.7 Å². The van der Waals surface area contributed by atoms with Gasteiger partial charge in [0.05, 0.1) is 22.8 Å². The highest BCUT2D eigenvalue weighted by Crippen LogP contribution is 2.43.